The number of phenols is 2. The van der Waals surface area contributed by atoms with Gasteiger partial charge in [0.2, 0.25) is 0 Å². The van der Waals surface area contributed by atoms with E-state index in [0.29, 0.717) is 30.8 Å². The zero-order valence-corrected chi connectivity index (χ0v) is 14.5. The summed E-state index contributed by atoms with van der Waals surface area (Å²) in [7, 11) is 0. The number of benzene rings is 2. The lowest BCUT2D eigenvalue weighted by Crippen LogP contribution is -2.30. The zero-order chi connectivity index (χ0) is 18.3. The third-order valence-corrected chi connectivity index (χ3v) is 4.85. The van der Waals surface area contributed by atoms with Gasteiger partial charge in [0.1, 0.15) is 17.3 Å². The molecule has 2 aromatic carbocycles. The monoisotopic (exact) mass is 374 g/mol. The highest BCUT2D eigenvalue weighted by atomic mass is 35.5. The Kier molecular flexibility index (Phi) is 4.30. The maximum absolute atomic E-state index is 13.1. The maximum Gasteiger partial charge on any atom is 0.175 e. The molecule has 2 N–H and O–H groups in total. The van der Waals surface area contributed by atoms with Crippen molar-refractivity contribution in [3.05, 3.63) is 64.1 Å². The number of aromatic hydroxyl groups is 2. The predicted octanol–water partition coefficient (Wildman–Crippen LogP) is 4.10. The van der Waals surface area contributed by atoms with Gasteiger partial charge in [-0.05, 0) is 23.8 Å². The summed E-state index contributed by atoms with van der Waals surface area (Å²) in [6.07, 6.45) is 0.715. The van der Waals surface area contributed by atoms with Crippen LogP contribution < -0.4 is 0 Å². The number of hydrogen-bond donors (Lipinski definition) is 2. The molecule has 2 heterocycles. The number of phenolic OH excluding ortho intramolecular Hbond substituents is 2. The molecule has 1 aliphatic heterocycles. The molecule has 0 bridgehead atoms. The van der Waals surface area contributed by atoms with Gasteiger partial charge in [-0.1, -0.05) is 28.9 Å². The van der Waals surface area contributed by atoms with Crippen LogP contribution in [0.15, 0.2) is 40.9 Å². The Hall–Kier alpha value is -2.57. The fourth-order valence-electron chi connectivity index (χ4n) is 3.20. The highest BCUT2D eigenvalue weighted by Crippen LogP contribution is 2.40. The van der Waals surface area contributed by atoms with Gasteiger partial charge in [0.25, 0.3) is 0 Å². The Bertz CT molecular complexity index is 956. The molecule has 134 valence electrons. The van der Waals surface area contributed by atoms with Crippen LogP contribution >= 0.6 is 11.6 Å². The van der Waals surface area contributed by atoms with E-state index in [4.69, 9.17) is 16.1 Å². The van der Waals surface area contributed by atoms with E-state index in [-0.39, 0.29) is 22.3 Å². The van der Waals surface area contributed by atoms with E-state index in [1.54, 1.807) is 12.1 Å². The smallest absolute Gasteiger partial charge is 0.175 e. The fraction of sp³-hybridized carbons (Fsp3) is 0.211. The second-order valence-electron chi connectivity index (χ2n) is 6.34. The van der Waals surface area contributed by atoms with Crippen molar-refractivity contribution in [2.75, 3.05) is 6.54 Å². The molecular formula is C19H16ClFN2O3. The lowest BCUT2D eigenvalue weighted by Gasteiger charge is -2.26. The molecule has 0 unspecified atom stereocenters. The Balaban J connectivity index is 1.62. The molecule has 0 fully saturated rings. The summed E-state index contributed by atoms with van der Waals surface area (Å²) < 4.78 is 18.5. The first-order valence-electron chi connectivity index (χ1n) is 8.17. The summed E-state index contributed by atoms with van der Waals surface area (Å²) in [6, 6.07) is 9.09. The largest absolute Gasteiger partial charge is 0.507 e. The number of hydrogen-bond acceptors (Lipinski definition) is 5. The standard InChI is InChI=1S/C19H16ClFN2O3/c20-15-7-13(17(24)8-18(15)25)19-14-10-23(6-5-16(14)22-26-19)9-11-1-3-12(21)4-2-11/h1-4,7-8,24-25H,5-6,9-10H2. The van der Waals surface area contributed by atoms with E-state index in [9.17, 15) is 14.6 Å². The Morgan fingerprint density at radius 3 is 2.69 bits per heavy atom. The van der Waals surface area contributed by atoms with Gasteiger partial charge in [-0.2, -0.15) is 0 Å². The van der Waals surface area contributed by atoms with Crippen LogP contribution in [-0.4, -0.2) is 26.8 Å². The maximum atomic E-state index is 13.1. The van der Waals surface area contributed by atoms with E-state index in [0.717, 1.165) is 23.4 Å². The van der Waals surface area contributed by atoms with E-state index >= 15 is 0 Å². The first-order chi connectivity index (χ1) is 12.5. The topological polar surface area (TPSA) is 69.7 Å². The molecule has 0 spiro atoms. The molecule has 0 amide bonds. The molecule has 26 heavy (non-hydrogen) atoms. The molecule has 3 aromatic rings. The van der Waals surface area contributed by atoms with Crippen molar-refractivity contribution in [3.8, 4) is 22.8 Å². The van der Waals surface area contributed by atoms with Gasteiger partial charge in [-0.3, -0.25) is 4.90 Å². The Morgan fingerprint density at radius 1 is 1.15 bits per heavy atom. The molecule has 0 saturated heterocycles. The van der Waals surface area contributed by atoms with Gasteiger partial charge in [0.15, 0.2) is 5.76 Å². The van der Waals surface area contributed by atoms with Crippen LogP contribution in [0.25, 0.3) is 11.3 Å². The van der Waals surface area contributed by atoms with Crippen molar-refractivity contribution in [1.29, 1.82) is 0 Å². The van der Waals surface area contributed by atoms with Crippen molar-refractivity contribution < 1.29 is 19.1 Å². The summed E-state index contributed by atoms with van der Waals surface area (Å²) in [5.74, 6) is -0.125. The van der Waals surface area contributed by atoms with Gasteiger partial charge in [-0.25, -0.2) is 4.39 Å². The van der Waals surface area contributed by atoms with Crippen LogP contribution in [0.4, 0.5) is 4.39 Å². The van der Waals surface area contributed by atoms with Gasteiger partial charge in [-0.15, -0.1) is 0 Å². The van der Waals surface area contributed by atoms with Gasteiger partial charge in [0, 0.05) is 37.7 Å². The van der Waals surface area contributed by atoms with Crippen LogP contribution in [0, 0.1) is 5.82 Å². The van der Waals surface area contributed by atoms with Crippen molar-refractivity contribution in [3.63, 3.8) is 0 Å². The molecule has 0 radical (unpaired) electrons. The predicted molar refractivity (Wildman–Crippen MR) is 94.5 cm³/mol. The second kappa shape index (κ2) is 6.63. The summed E-state index contributed by atoms with van der Waals surface area (Å²) in [6.45, 7) is 2.06. The molecule has 7 heteroatoms. The molecule has 4 rings (SSSR count). The number of fused-ring (bicyclic) bond motifs is 1. The highest BCUT2D eigenvalue weighted by molar-refractivity contribution is 6.32. The van der Waals surface area contributed by atoms with Crippen molar-refractivity contribution in [2.24, 2.45) is 0 Å². The summed E-state index contributed by atoms with van der Waals surface area (Å²) in [5.41, 5.74) is 3.14. The lowest BCUT2D eigenvalue weighted by molar-refractivity contribution is 0.245. The molecule has 0 saturated carbocycles. The number of nitrogens with zero attached hydrogens (tertiary/aromatic N) is 2. The third-order valence-electron chi connectivity index (χ3n) is 4.55. The second-order valence-corrected chi connectivity index (χ2v) is 6.75. The molecule has 1 aliphatic rings. The summed E-state index contributed by atoms with van der Waals surface area (Å²) in [4.78, 5) is 2.20. The molecule has 5 nitrogen and oxygen atoms in total. The normalized spacial score (nSPS) is 14.4. The zero-order valence-electron chi connectivity index (χ0n) is 13.7. The van der Waals surface area contributed by atoms with E-state index in [1.165, 1.54) is 24.3 Å². The average molecular weight is 375 g/mol. The van der Waals surface area contributed by atoms with Crippen molar-refractivity contribution in [2.45, 2.75) is 19.5 Å². The number of aromatic nitrogens is 1. The van der Waals surface area contributed by atoms with E-state index in [2.05, 4.69) is 10.1 Å². The minimum Gasteiger partial charge on any atom is -0.507 e. The van der Waals surface area contributed by atoms with Crippen molar-refractivity contribution in [1.82, 2.24) is 10.1 Å². The average Bonchev–Trinajstić information content (AvgIpc) is 3.03. The SMILES string of the molecule is Oc1cc(O)c(-c2onc3c2CN(Cc2ccc(F)cc2)CC3)cc1Cl. The van der Waals surface area contributed by atoms with Crippen LogP contribution in [0.3, 0.4) is 0 Å². The van der Waals surface area contributed by atoms with Crippen LogP contribution in [-0.2, 0) is 19.5 Å². The quantitative estimate of drug-likeness (QED) is 0.722. The Labute approximate surface area is 154 Å². The number of rotatable bonds is 3. The minimum absolute atomic E-state index is 0.124. The van der Waals surface area contributed by atoms with E-state index < -0.39 is 0 Å². The summed E-state index contributed by atoms with van der Waals surface area (Å²) >= 11 is 5.97. The molecule has 0 atom stereocenters. The third kappa shape index (κ3) is 3.13. The molecule has 0 aliphatic carbocycles. The molecular weight excluding hydrogens is 359 g/mol. The van der Waals surface area contributed by atoms with Crippen molar-refractivity contribution >= 4 is 11.6 Å². The van der Waals surface area contributed by atoms with Crippen LogP contribution in [0.2, 0.25) is 5.02 Å². The Morgan fingerprint density at radius 2 is 1.92 bits per heavy atom. The first kappa shape index (κ1) is 16.9. The highest BCUT2D eigenvalue weighted by Gasteiger charge is 2.26. The lowest BCUT2D eigenvalue weighted by atomic mass is 10.0. The van der Waals surface area contributed by atoms with Gasteiger partial charge < -0.3 is 14.7 Å². The first-order valence-corrected chi connectivity index (χ1v) is 8.55. The summed E-state index contributed by atoms with van der Waals surface area (Å²) in [5, 5.41) is 24.0. The van der Waals surface area contributed by atoms with Gasteiger partial charge in [0.05, 0.1) is 16.3 Å². The van der Waals surface area contributed by atoms with Gasteiger partial charge >= 0.3 is 0 Å². The minimum atomic E-state index is -0.254. The number of halogens is 2. The van der Waals surface area contributed by atoms with E-state index in [1.807, 2.05) is 0 Å². The fourth-order valence-corrected chi connectivity index (χ4v) is 3.36. The van der Waals surface area contributed by atoms with Crippen LogP contribution in [0.1, 0.15) is 16.8 Å². The van der Waals surface area contributed by atoms with Crippen LogP contribution in [0.5, 0.6) is 11.5 Å². The molecule has 1 aromatic heterocycles.